The van der Waals surface area contributed by atoms with Gasteiger partial charge in [0.05, 0.1) is 17.9 Å². The summed E-state index contributed by atoms with van der Waals surface area (Å²) >= 11 is 0. The van der Waals surface area contributed by atoms with Crippen LogP contribution in [0.4, 0.5) is 5.69 Å². The lowest BCUT2D eigenvalue weighted by atomic mass is 10.1. The molecule has 8 heteroatoms. The molecule has 0 saturated heterocycles. The highest BCUT2D eigenvalue weighted by atomic mass is 32.2. The van der Waals surface area contributed by atoms with Gasteiger partial charge in [-0.3, -0.25) is 9.89 Å². The Labute approximate surface area is 135 Å². The number of aryl methyl sites for hydroxylation is 4. The van der Waals surface area contributed by atoms with Crippen molar-refractivity contribution in [3.05, 3.63) is 40.7 Å². The molecule has 1 aromatic heterocycles. The Morgan fingerprint density at radius 1 is 1.22 bits per heavy atom. The number of aromatic nitrogens is 2. The highest BCUT2D eigenvalue weighted by Crippen LogP contribution is 2.17. The molecule has 0 fully saturated rings. The van der Waals surface area contributed by atoms with E-state index in [-0.39, 0.29) is 11.4 Å². The lowest BCUT2D eigenvalue weighted by Gasteiger charge is -2.10. The van der Waals surface area contributed by atoms with Gasteiger partial charge in [-0.15, -0.1) is 0 Å². The summed E-state index contributed by atoms with van der Waals surface area (Å²) in [6.45, 7) is 6.70. The fraction of sp³-hybridized carbons (Fsp3) is 0.333. The van der Waals surface area contributed by atoms with Crippen LogP contribution in [0.2, 0.25) is 0 Å². The van der Waals surface area contributed by atoms with Crippen molar-refractivity contribution in [3.8, 4) is 0 Å². The molecule has 0 saturated carbocycles. The van der Waals surface area contributed by atoms with Crippen LogP contribution in [-0.4, -0.2) is 31.1 Å². The standard InChI is InChI=1S/C15H20N4O3S/c1-9-5-6-13(10(2)7-9)17-14(20)8-16-23(21,22)15-11(3)18-19-12(15)4/h5-7,16H,8H2,1-4H3,(H,17,20)(H,18,19). The van der Waals surface area contributed by atoms with E-state index >= 15 is 0 Å². The number of sulfonamides is 1. The fourth-order valence-corrected chi connectivity index (χ4v) is 3.67. The second-order valence-electron chi connectivity index (χ2n) is 5.45. The summed E-state index contributed by atoms with van der Waals surface area (Å²) in [5.41, 5.74) is 3.47. The number of carbonyl (C=O) groups excluding carboxylic acids is 1. The Morgan fingerprint density at radius 3 is 2.48 bits per heavy atom. The number of anilines is 1. The molecule has 1 amide bonds. The lowest BCUT2D eigenvalue weighted by Crippen LogP contribution is -2.33. The van der Waals surface area contributed by atoms with Crippen LogP contribution in [0, 0.1) is 27.7 Å². The smallest absolute Gasteiger partial charge is 0.244 e. The summed E-state index contributed by atoms with van der Waals surface area (Å²) in [5, 5.41) is 9.16. The van der Waals surface area contributed by atoms with Crippen LogP contribution in [0.1, 0.15) is 22.5 Å². The van der Waals surface area contributed by atoms with Gasteiger partial charge in [0.2, 0.25) is 15.9 Å². The number of hydrogen-bond donors (Lipinski definition) is 3. The zero-order chi connectivity index (χ0) is 17.2. The number of aromatic amines is 1. The highest BCUT2D eigenvalue weighted by molar-refractivity contribution is 7.89. The first kappa shape index (κ1) is 17.2. The van der Waals surface area contributed by atoms with Gasteiger partial charge in [-0.05, 0) is 39.3 Å². The van der Waals surface area contributed by atoms with Crippen molar-refractivity contribution >= 4 is 21.6 Å². The Kier molecular flexibility index (Phi) is 4.86. The fourth-order valence-electron chi connectivity index (χ4n) is 2.32. The Morgan fingerprint density at radius 2 is 1.91 bits per heavy atom. The minimum Gasteiger partial charge on any atom is -0.325 e. The van der Waals surface area contributed by atoms with Crippen molar-refractivity contribution < 1.29 is 13.2 Å². The third-order valence-corrected chi connectivity index (χ3v) is 5.07. The first-order chi connectivity index (χ1) is 10.7. The molecule has 23 heavy (non-hydrogen) atoms. The number of hydrogen-bond acceptors (Lipinski definition) is 4. The van der Waals surface area contributed by atoms with Gasteiger partial charge in [0.15, 0.2) is 0 Å². The second-order valence-corrected chi connectivity index (χ2v) is 7.16. The van der Waals surface area contributed by atoms with E-state index in [4.69, 9.17) is 0 Å². The molecule has 0 spiro atoms. The Bertz CT molecular complexity index is 821. The summed E-state index contributed by atoms with van der Waals surface area (Å²) < 4.78 is 26.8. The van der Waals surface area contributed by atoms with E-state index in [0.717, 1.165) is 11.1 Å². The van der Waals surface area contributed by atoms with Crippen LogP contribution in [0.25, 0.3) is 0 Å². The Balaban J connectivity index is 2.04. The van der Waals surface area contributed by atoms with E-state index in [2.05, 4.69) is 20.2 Å². The third-order valence-electron chi connectivity index (χ3n) is 3.41. The van der Waals surface area contributed by atoms with Gasteiger partial charge in [-0.1, -0.05) is 17.7 Å². The minimum absolute atomic E-state index is 0.0804. The maximum absolute atomic E-state index is 12.3. The van der Waals surface area contributed by atoms with Crippen LogP contribution in [0.5, 0.6) is 0 Å². The van der Waals surface area contributed by atoms with Crippen LogP contribution < -0.4 is 10.0 Å². The first-order valence-corrected chi connectivity index (χ1v) is 8.57. The lowest BCUT2D eigenvalue weighted by molar-refractivity contribution is -0.115. The minimum atomic E-state index is -3.79. The molecule has 0 aliphatic carbocycles. The third kappa shape index (κ3) is 3.96. The number of rotatable bonds is 5. The summed E-state index contributed by atoms with van der Waals surface area (Å²) in [7, 11) is -3.79. The molecule has 3 N–H and O–H groups in total. The predicted octanol–water partition coefficient (Wildman–Crippen LogP) is 1.56. The average Bonchev–Trinajstić information content (AvgIpc) is 2.80. The molecule has 1 aromatic carbocycles. The maximum atomic E-state index is 12.3. The molecule has 0 aliphatic heterocycles. The number of nitrogens with one attached hydrogen (secondary N) is 3. The molecule has 124 valence electrons. The van der Waals surface area contributed by atoms with E-state index in [9.17, 15) is 13.2 Å². The van der Waals surface area contributed by atoms with Gasteiger partial charge < -0.3 is 5.32 Å². The summed E-state index contributed by atoms with van der Waals surface area (Å²) in [6.07, 6.45) is 0. The topological polar surface area (TPSA) is 104 Å². The number of amides is 1. The number of carbonyl (C=O) groups is 1. The summed E-state index contributed by atoms with van der Waals surface area (Å²) in [5.74, 6) is -0.431. The second kappa shape index (κ2) is 6.51. The predicted molar refractivity (Wildman–Crippen MR) is 87.8 cm³/mol. The van der Waals surface area contributed by atoms with Crippen LogP contribution in [0.15, 0.2) is 23.1 Å². The maximum Gasteiger partial charge on any atom is 0.244 e. The molecule has 0 aliphatic rings. The van der Waals surface area contributed by atoms with Gasteiger partial charge >= 0.3 is 0 Å². The summed E-state index contributed by atoms with van der Waals surface area (Å²) in [6, 6.07) is 5.62. The van der Waals surface area contributed by atoms with E-state index in [0.29, 0.717) is 17.1 Å². The van der Waals surface area contributed by atoms with E-state index in [1.807, 2.05) is 26.0 Å². The zero-order valence-electron chi connectivity index (χ0n) is 13.5. The van der Waals surface area contributed by atoms with E-state index < -0.39 is 15.9 Å². The van der Waals surface area contributed by atoms with Crippen molar-refractivity contribution in [2.45, 2.75) is 32.6 Å². The first-order valence-electron chi connectivity index (χ1n) is 7.09. The van der Waals surface area contributed by atoms with Crippen molar-refractivity contribution in [1.82, 2.24) is 14.9 Å². The number of nitrogens with zero attached hydrogens (tertiary/aromatic N) is 1. The van der Waals surface area contributed by atoms with Gasteiger partial charge in [0.1, 0.15) is 4.90 Å². The van der Waals surface area contributed by atoms with Crippen LogP contribution >= 0.6 is 0 Å². The summed E-state index contributed by atoms with van der Waals surface area (Å²) in [4.78, 5) is 12.1. The van der Waals surface area contributed by atoms with Crippen molar-refractivity contribution in [3.63, 3.8) is 0 Å². The highest BCUT2D eigenvalue weighted by Gasteiger charge is 2.22. The van der Waals surface area contributed by atoms with Crippen LogP contribution in [0.3, 0.4) is 0 Å². The SMILES string of the molecule is Cc1ccc(NC(=O)CNS(=O)(=O)c2c(C)n[nH]c2C)c(C)c1. The van der Waals surface area contributed by atoms with Gasteiger partial charge in [-0.2, -0.15) is 5.10 Å². The monoisotopic (exact) mass is 336 g/mol. The molecular weight excluding hydrogens is 316 g/mol. The zero-order valence-corrected chi connectivity index (χ0v) is 14.3. The molecule has 0 bridgehead atoms. The quantitative estimate of drug-likeness (QED) is 0.771. The van der Waals surface area contributed by atoms with E-state index in [1.54, 1.807) is 19.9 Å². The molecule has 2 rings (SSSR count). The average molecular weight is 336 g/mol. The van der Waals surface area contributed by atoms with Crippen LogP contribution in [-0.2, 0) is 14.8 Å². The molecule has 1 heterocycles. The van der Waals surface area contributed by atoms with Gasteiger partial charge in [-0.25, -0.2) is 13.1 Å². The molecular formula is C15H20N4O3S. The molecule has 0 atom stereocenters. The van der Waals surface area contributed by atoms with Crippen molar-refractivity contribution in [1.29, 1.82) is 0 Å². The van der Waals surface area contributed by atoms with Gasteiger partial charge in [0.25, 0.3) is 0 Å². The molecule has 0 radical (unpaired) electrons. The molecule has 2 aromatic rings. The van der Waals surface area contributed by atoms with E-state index in [1.165, 1.54) is 0 Å². The van der Waals surface area contributed by atoms with Crippen molar-refractivity contribution in [2.75, 3.05) is 11.9 Å². The van der Waals surface area contributed by atoms with Gasteiger partial charge in [0, 0.05) is 5.69 Å². The largest absolute Gasteiger partial charge is 0.325 e. The number of benzene rings is 1. The van der Waals surface area contributed by atoms with Crippen molar-refractivity contribution in [2.24, 2.45) is 0 Å². The Hall–Kier alpha value is -2.19. The molecule has 7 nitrogen and oxygen atoms in total. The molecule has 0 unspecified atom stereocenters. The normalized spacial score (nSPS) is 11.5. The number of H-pyrrole nitrogens is 1.